The minimum Gasteiger partial charge on any atom is -0.490 e. The third-order valence-corrected chi connectivity index (χ3v) is 4.70. The molecular formula is C20H20N4O4. The maximum atomic E-state index is 12.9. The number of benzene rings is 1. The van der Waals surface area contributed by atoms with Gasteiger partial charge < -0.3 is 19.0 Å². The highest BCUT2D eigenvalue weighted by Gasteiger charge is 2.26. The Balaban J connectivity index is 1.55. The van der Waals surface area contributed by atoms with E-state index in [-0.39, 0.29) is 11.5 Å². The first-order valence-electron chi connectivity index (χ1n) is 9.19. The van der Waals surface area contributed by atoms with Crippen LogP contribution in [-0.2, 0) is 0 Å². The monoisotopic (exact) mass is 380 g/mol. The summed E-state index contributed by atoms with van der Waals surface area (Å²) in [5.74, 6) is 0.952. The average Bonchev–Trinajstić information content (AvgIpc) is 2.74. The summed E-state index contributed by atoms with van der Waals surface area (Å²) in [6.45, 7) is 4.54. The molecule has 1 saturated heterocycles. The smallest absolute Gasteiger partial charge is 0.349 e. The van der Waals surface area contributed by atoms with Crippen molar-refractivity contribution in [1.29, 1.82) is 0 Å². The molecule has 1 aromatic carbocycles. The Bertz CT molecular complexity index is 1040. The van der Waals surface area contributed by atoms with Gasteiger partial charge in [0.1, 0.15) is 5.56 Å². The van der Waals surface area contributed by atoms with Crippen molar-refractivity contribution in [3.63, 3.8) is 0 Å². The molecule has 4 rings (SSSR count). The molecule has 144 valence electrons. The molecule has 2 aromatic heterocycles. The van der Waals surface area contributed by atoms with Crippen LogP contribution < -0.4 is 15.3 Å². The highest BCUT2D eigenvalue weighted by molar-refractivity contribution is 5.97. The minimum absolute atomic E-state index is 0.0362. The standard InChI is InChI=1S/C20H20N4O4/c1-2-27-16-6-3-5-14-13-15(20(26)28-18(14)16)19(25)24-11-9-23(10-12-24)17-7-4-8-21-22-17/h3-8,13H,2,9-12H2,1H3. The first-order chi connectivity index (χ1) is 13.7. The topological polar surface area (TPSA) is 88.8 Å². The van der Waals surface area contributed by atoms with Crippen molar-refractivity contribution < 1.29 is 13.9 Å². The predicted octanol–water partition coefficient (Wildman–Crippen LogP) is 1.94. The van der Waals surface area contributed by atoms with Crippen molar-refractivity contribution in [3.05, 3.63) is 58.6 Å². The van der Waals surface area contributed by atoms with E-state index in [0.717, 1.165) is 5.82 Å². The maximum absolute atomic E-state index is 12.9. The van der Waals surface area contributed by atoms with Crippen LogP contribution in [0.3, 0.4) is 0 Å². The molecule has 1 fully saturated rings. The average molecular weight is 380 g/mol. The molecule has 0 N–H and O–H groups in total. The molecule has 28 heavy (non-hydrogen) atoms. The Kier molecular flexibility index (Phi) is 4.92. The number of amides is 1. The Morgan fingerprint density at radius 1 is 1.18 bits per heavy atom. The molecule has 1 amide bonds. The summed E-state index contributed by atoms with van der Waals surface area (Å²) >= 11 is 0. The van der Waals surface area contributed by atoms with Crippen LogP contribution in [0.25, 0.3) is 11.0 Å². The fourth-order valence-corrected chi connectivity index (χ4v) is 3.31. The van der Waals surface area contributed by atoms with E-state index in [4.69, 9.17) is 9.15 Å². The molecule has 1 aliphatic rings. The molecule has 0 spiro atoms. The summed E-state index contributed by atoms with van der Waals surface area (Å²) in [6.07, 6.45) is 1.62. The van der Waals surface area contributed by atoms with Gasteiger partial charge in [0.25, 0.3) is 5.91 Å². The molecule has 8 heteroatoms. The molecule has 0 atom stereocenters. The Labute approximate surface area is 161 Å². The zero-order valence-electron chi connectivity index (χ0n) is 15.5. The summed E-state index contributed by atoms with van der Waals surface area (Å²) in [5.41, 5.74) is -0.256. The van der Waals surface area contributed by atoms with E-state index in [9.17, 15) is 9.59 Å². The number of para-hydroxylation sites is 1. The molecule has 0 radical (unpaired) electrons. The SMILES string of the molecule is CCOc1cccc2cc(C(=O)N3CCN(c4cccnn4)CC3)c(=O)oc12. The summed E-state index contributed by atoms with van der Waals surface area (Å²) in [7, 11) is 0. The van der Waals surface area contributed by atoms with Crippen molar-refractivity contribution >= 4 is 22.7 Å². The Hall–Kier alpha value is -3.42. The van der Waals surface area contributed by atoms with Gasteiger partial charge in [-0.2, -0.15) is 5.10 Å². The lowest BCUT2D eigenvalue weighted by Gasteiger charge is -2.34. The van der Waals surface area contributed by atoms with Gasteiger partial charge in [0.2, 0.25) is 0 Å². The van der Waals surface area contributed by atoms with Crippen LogP contribution in [0.2, 0.25) is 0 Å². The second-order valence-corrected chi connectivity index (χ2v) is 6.42. The zero-order chi connectivity index (χ0) is 19.5. The predicted molar refractivity (Wildman–Crippen MR) is 104 cm³/mol. The second kappa shape index (κ2) is 7.67. The molecule has 3 heterocycles. The molecule has 0 aliphatic carbocycles. The summed E-state index contributed by atoms with van der Waals surface area (Å²) in [5, 5.41) is 8.64. The number of rotatable bonds is 4. The number of fused-ring (bicyclic) bond motifs is 1. The van der Waals surface area contributed by atoms with Crippen molar-refractivity contribution in [2.24, 2.45) is 0 Å². The van der Waals surface area contributed by atoms with Gasteiger partial charge in [0, 0.05) is 37.8 Å². The summed E-state index contributed by atoms with van der Waals surface area (Å²) < 4.78 is 10.9. The highest BCUT2D eigenvalue weighted by atomic mass is 16.5. The molecule has 1 aliphatic heterocycles. The quantitative estimate of drug-likeness (QED) is 0.639. The van der Waals surface area contributed by atoms with Crippen LogP contribution in [0, 0.1) is 0 Å². The van der Waals surface area contributed by atoms with Crippen LogP contribution >= 0.6 is 0 Å². The number of hydrogen-bond donors (Lipinski definition) is 0. The Morgan fingerprint density at radius 2 is 2.00 bits per heavy atom. The van der Waals surface area contributed by atoms with Crippen LogP contribution in [0.4, 0.5) is 5.82 Å². The first-order valence-corrected chi connectivity index (χ1v) is 9.19. The molecule has 0 unspecified atom stereocenters. The van der Waals surface area contributed by atoms with Gasteiger partial charge in [0.05, 0.1) is 6.61 Å². The third kappa shape index (κ3) is 3.40. The van der Waals surface area contributed by atoms with Crippen LogP contribution in [0.1, 0.15) is 17.3 Å². The molecule has 0 saturated carbocycles. The lowest BCUT2D eigenvalue weighted by molar-refractivity contribution is 0.0742. The van der Waals surface area contributed by atoms with Gasteiger partial charge in [-0.15, -0.1) is 5.10 Å². The Morgan fingerprint density at radius 3 is 2.71 bits per heavy atom. The summed E-state index contributed by atoms with van der Waals surface area (Å²) in [4.78, 5) is 29.1. The van der Waals surface area contributed by atoms with Crippen molar-refractivity contribution in [3.8, 4) is 5.75 Å². The number of nitrogens with zero attached hydrogens (tertiary/aromatic N) is 4. The second-order valence-electron chi connectivity index (χ2n) is 6.42. The van der Waals surface area contributed by atoms with E-state index < -0.39 is 5.63 Å². The van der Waals surface area contributed by atoms with Gasteiger partial charge in [0.15, 0.2) is 17.2 Å². The maximum Gasteiger partial charge on any atom is 0.349 e. The summed E-state index contributed by atoms with van der Waals surface area (Å²) in [6, 6.07) is 10.6. The third-order valence-electron chi connectivity index (χ3n) is 4.70. The highest BCUT2D eigenvalue weighted by Crippen LogP contribution is 2.25. The van der Waals surface area contributed by atoms with Gasteiger partial charge in [-0.1, -0.05) is 12.1 Å². The number of piperazine rings is 1. The number of hydrogen-bond acceptors (Lipinski definition) is 7. The van der Waals surface area contributed by atoms with Crippen molar-refractivity contribution in [2.45, 2.75) is 6.92 Å². The van der Waals surface area contributed by atoms with Crippen LogP contribution in [-0.4, -0.2) is 53.8 Å². The normalized spacial score (nSPS) is 14.3. The number of anilines is 1. The van der Waals surface area contributed by atoms with Gasteiger partial charge >= 0.3 is 5.63 Å². The number of carbonyl (C=O) groups is 1. The largest absolute Gasteiger partial charge is 0.490 e. The van der Waals surface area contributed by atoms with E-state index in [1.165, 1.54) is 0 Å². The van der Waals surface area contributed by atoms with Gasteiger partial charge in [-0.25, -0.2) is 4.79 Å². The molecular weight excluding hydrogens is 360 g/mol. The van der Waals surface area contributed by atoms with E-state index in [0.29, 0.717) is 49.5 Å². The molecule has 3 aromatic rings. The number of carbonyl (C=O) groups excluding carboxylic acids is 1. The lowest BCUT2D eigenvalue weighted by Crippen LogP contribution is -2.49. The number of aromatic nitrogens is 2. The zero-order valence-corrected chi connectivity index (χ0v) is 15.5. The fourth-order valence-electron chi connectivity index (χ4n) is 3.31. The van der Waals surface area contributed by atoms with Crippen LogP contribution in [0.15, 0.2) is 51.8 Å². The molecule has 8 nitrogen and oxygen atoms in total. The van der Waals surface area contributed by atoms with E-state index in [2.05, 4.69) is 15.1 Å². The number of ether oxygens (including phenoxy) is 1. The fraction of sp³-hybridized carbons (Fsp3) is 0.300. The van der Waals surface area contributed by atoms with E-state index in [1.807, 2.05) is 19.1 Å². The molecule has 0 bridgehead atoms. The van der Waals surface area contributed by atoms with Crippen molar-refractivity contribution in [1.82, 2.24) is 15.1 Å². The van der Waals surface area contributed by atoms with Gasteiger partial charge in [-0.3, -0.25) is 4.79 Å². The van der Waals surface area contributed by atoms with Crippen molar-refractivity contribution in [2.75, 3.05) is 37.7 Å². The van der Waals surface area contributed by atoms with E-state index in [1.54, 1.807) is 35.4 Å². The lowest BCUT2D eigenvalue weighted by atomic mass is 10.1. The van der Waals surface area contributed by atoms with Gasteiger partial charge in [-0.05, 0) is 31.2 Å². The van der Waals surface area contributed by atoms with E-state index >= 15 is 0 Å². The van der Waals surface area contributed by atoms with Crippen LogP contribution in [0.5, 0.6) is 5.75 Å². The minimum atomic E-state index is -0.652. The first kappa shape index (κ1) is 18.0.